The van der Waals surface area contributed by atoms with Gasteiger partial charge < -0.3 is 56.8 Å². The molecule has 10 atom stereocenters. The highest BCUT2D eigenvalue weighted by atomic mass is 16.8. The molecule has 2 aliphatic rings. The van der Waals surface area contributed by atoms with Gasteiger partial charge in [0, 0.05) is 14.2 Å². The lowest BCUT2D eigenvalue weighted by Crippen LogP contribution is -2.66. The van der Waals surface area contributed by atoms with E-state index < -0.39 is 67.6 Å². The second kappa shape index (κ2) is 25.4. The third-order valence-electron chi connectivity index (χ3n) is 10.9. The van der Waals surface area contributed by atoms with Crippen molar-refractivity contribution in [1.82, 2.24) is 0 Å². The smallest absolute Gasteiger partial charge is 0.425 e. The first-order valence-corrected chi connectivity index (χ1v) is 21.7. The molecule has 2 saturated heterocycles. The van der Waals surface area contributed by atoms with Crippen LogP contribution in [0.4, 0.5) is 4.79 Å². The van der Waals surface area contributed by atoms with E-state index in [2.05, 4.69) is 6.58 Å². The van der Waals surface area contributed by atoms with E-state index in [0.29, 0.717) is 12.4 Å². The van der Waals surface area contributed by atoms with Crippen LogP contribution in [0, 0.1) is 0 Å². The predicted octanol–water partition coefficient (Wildman–Crippen LogP) is 8.24. The number of carbonyl (C=O) groups is 1. The van der Waals surface area contributed by atoms with Crippen LogP contribution in [0.2, 0.25) is 0 Å². The lowest BCUT2D eigenvalue weighted by atomic mass is 9.96. The number of para-hydroxylation sites is 1. The minimum atomic E-state index is -1.18. The monoisotopic (exact) mass is 890 g/mol. The summed E-state index contributed by atoms with van der Waals surface area (Å²) in [5.41, 5.74) is 3.75. The van der Waals surface area contributed by atoms with Gasteiger partial charge in [-0.3, -0.25) is 0 Å². The van der Waals surface area contributed by atoms with Crippen LogP contribution in [0.15, 0.2) is 164 Å². The molecule has 0 aliphatic carbocycles. The molecule has 0 amide bonds. The van der Waals surface area contributed by atoms with Crippen LogP contribution >= 0.6 is 0 Å². The van der Waals surface area contributed by atoms with Gasteiger partial charge in [0.05, 0.1) is 46.2 Å². The third kappa shape index (κ3) is 13.9. The van der Waals surface area contributed by atoms with Crippen molar-refractivity contribution in [2.45, 2.75) is 87.8 Å². The van der Waals surface area contributed by atoms with Crippen LogP contribution in [0.5, 0.6) is 5.75 Å². The van der Waals surface area contributed by atoms with Crippen molar-refractivity contribution < 1.29 is 61.6 Å². The number of benzene rings is 5. The van der Waals surface area contributed by atoms with Crippen molar-refractivity contribution in [2.24, 2.45) is 0 Å². The molecule has 0 radical (unpaired) electrons. The number of ether oxygens (including phenoxy) is 12. The maximum absolute atomic E-state index is 13.6. The Morgan fingerprint density at radius 2 is 0.923 bits per heavy atom. The van der Waals surface area contributed by atoms with Gasteiger partial charge in [-0.15, -0.1) is 6.58 Å². The minimum absolute atomic E-state index is 0.0257. The van der Waals surface area contributed by atoms with Gasteiger partial charge in [-0.25, -0.2) is 4.79 Å². The highest BCUT2D eigenvalue weighted by molar-refractivity contribution is 5.64. The average molecular weight is 891 g/mol. The number of methoxy groups -OCH3 is 2. The van der Waals surface area contributed by atoms with Crippen molar-refractivity contribution in [2.75, 3.05) is 34.0 Å². The van der Waals surface area contributed by atoms with Gasteiger partial charge in [0.25, 0.3) is 0 Å². The summed E-state index contributed by atoms with van der Waals surface area (Å²) in [6, 6.07) is 47.7. The van der Waals surface area contributed by atoms with E-state index in [9.17, 15) is 4.79 Å². The molecule has 0 aromatic heterocycles. The van der Waals surface area contributed by atoms with E-state index >= 15 is 0 Å². The first-order chi connectivity index (χ1) is 32.0. The molecule has 13 nitrogen and oxygen atoms in total. The standard InChI is InChI=1S/C52H58O13/c1-4-30-58-50-48(59-33-39-24-14-7-15-25-39)46(54-2)44(42(62-50)35-56-31-37-20-10-5-11-21-37)64-51-49(60-34-40-26-16-8-17-27-40)47(55-3)45(65-52(53)61-41-28-18-9-19-29-41)43(63-51)36-57-32-38-22-12-6-13-23-38/h4-29,42-51H,1,30-36H2,2-3H3/t42-,43-,44-,45-,46+,47+,48+,49+,50+,51?/m1/s1. The molecular weight excluding hydrogens is 833 g/mol. The number of carbonyl (C=O) groups excluding carboxylic acids is 1. The summed E-state index contributed by atoms with van der Waals surface area (Å²) in [5.74, 6) is 0.306. The highest BCUT2D eigenvalue weighted by Gasteiger charge is 2.55. The summed E-state index contributed by atoms with van der Waals surface area (Å²) in [5, 5.41) is 0. The van der Waals surface area contributed by atoms with E-state index in [0.717, 1.165) is 22.3 Å². The molecule has 5 aromatic rings. The van der Waals surface area contributed by atoms with Crippen molar-refractivity contribution in [3.05, 3.63) is 187 Å². The molecule has 7 rings (SSSR count). The van der Waals surface area contributed by atoms with Gasteiger partial charge in [0.15, 0.2) is 18.7 Å². The molecule has 13 heteroatoms. The van der Waals surface area contributed by atoms with Crippen molar-refractivity contribution >= 4 is 6.16 Å². The van der Waals surface area contributed by atoms with E-state index in [1.54, 1.807) is 37.5 Å². The molecule has 1 unspecified atom stereocenters. The average Bonchev–Trinajstić information content (AvgIpc) is 3.34. The molecule has 2 fully saturated rings. The maximum atomic E-state index is 13.6. The van der Waals surface area contributed by atoms with Crippen LogP contribution in [-0.2, 0) is 78.5 Å². The molecule has 0 N–H and O–H groups in total. The first-order valence-electron chi connectivity index (χ1n) is 21.7. The number of hydrogen-bond acceptors (Lipinski definition) is 13. The van der Waals surface area contributed by atoms with E-state index in [-0.39, 0.29) is 39.6 Å². The molecule has 2 aliphatic heterocycles. The lowest BCUT2D eigenvalue weighted by molar-refractivity contribution is -0.371. The minimum Gasteiger partial charge on any atom is -0.425 e. The Labute approximate surface area is 381 Å². The summed E-state index contributed by atoms with van der Waals surface area (Å²) < 4.78 is 77.1. The first kappa shape index (κ1) is 47.7. The van der Waals surface area contributed by atoms with E-state index in [1.165, 1.54) is 7.11 Å². The Hall–Kier alpha value is -5.29. The van der Waals surface area contributed by atoms with Crippen LogP contribution in [0.3, 0.4) is 0 Å². The van der Waals surface area contributed by atoms with Gasteiger partial charge in [0.2, 0.25) is 0 Å². The van der Waals surface area contributed by atoms with Gasteiger partial charge in [-0.05, 0) is 34.4 Å². The zero-order valence-electron chi connectivity index (χ0n) is 36.7. The Bertz CT molecular complexity index is 2100. The predicted molar refractivity (Wildman–Crippen MR) is 240 cm³/mol. The topological polar surface area (TPSA) is 128 Å². The Morgan fingerprint density at radius 1 is 0.508 bits per heavy atom. The van der Waals surface area contributed by atoms with Crippen LogP contribution in [0.1, 0.15) is 22.3 Å². The summed E-state index contributed by atoms with van der Waals surface area (Å²) >= 11 is 0. The fourth-order valence-electron chi connectivity index (χ4n) is 7.77. The summed E-state index contributed by atoms with van der Waals surface area (Å²) in [7, 11) is 3.10. The summed E-state index contributed by atoms with van der Waals surface area (Å²) in [6.45, 7) is 5.04. The van der Waals surface area contributed by atoms with Crippen LogP contribution in [-0.4, -0.2) is 102 Å². The van der Waals surface area contributed by atoms with Gasteiger partial charge in [-0.1, -0.05) is 146 Å². The molecule has 5 aromatic carbocycles. The Kier molecular flexibility index (Phi) is 18.6. The van der Waals surface area contributed by atoms with Gasteiger partial charge in [0.1, 0.15) is 48.5 Å². The second-order valence-corrected chi connectivity index (χ2v) is 15.5. The Balaban J connectivity index is 1.22. The SMILES string of the molecule is C=CCO[C@H]1O[C@H](COCc2ccccc2)[C@@H](OC2O[C@H](COCc3ccccc3)[C@@H](OC(=O)Oc3ccccc3)[C@H](OC)[C@@H]2OCc2ccccc2)[C@H](OC)[C@@H]1OCc1ccccc1. The fraction of sp³-hybridized carbons (Fsp3) is 0.365. The summed E-state index contributed by atoms with van der Waals surface area (Å²) in [6.07, 6.45) is -8.66. The van der Waals surface area contributed by atoms with Gasteiger partial charge in [-0.2, -0.15) is 0 Å². The zero-order chi connectivity index (χ0) is 45.1. The third-order valence-corrected chi connectivity index (χ3v) is 10.9. The summed E-state index contributed by atoms with van der Waals surface area (Å²) in [4.78, 5) is 13.6. The van der Waals surface area contributed by atoms with Crippen LogP contribution in [0.25, 0.3) is 0 Å². The number of rotatable bonds is 23. The molecule has 0 spiro atoms. The molecule has 0 bridgehead atoms. The van der Waals surface area contributed by atoms with Crippen LogP contribution < -0.4 is 4.74 Å². The largest absolute Gasteiger partial charge is 0.514 e. The van der Waals surface area contributed by atoms with E-state index in [1.807, 2.05) is 127 Å². The molecule has 0 saturated carbocycles. The van der Waals surface area contributed by atoms with E-state index in [4.69, 9.17) is 56.8 Å². The zero-order valence-corrected chi connectivity index (χ0v) is 36.7. The van der Waals surface area contributed by atoms with Crippen molar-refractivity contribution in [3.8, 4) is 5.75 Å². The molecule has 65 heavy (non-hydrogen) atoms. The Morgan fingerprint density at radius 3 is 1.40 bits per heavy atom. The van der Waals surface area contributed by atoms with Gasteiger partial charge >= 0.3 is 6.16 Å². The second-order valence-electron chi connectivity index (χ2n) is 15.5. The molecule has 344 valence electrons. The normalized spacial score (nSPS) is 25.4. The lowest BCUT2D eigenvalue weighted by Gasteiger charge is -2.49. The molecular formula is C52H58O13. The quantitative estimate of drug-likeness (QED) is 0.0355. The van der Waals surface area contributed by atoms with Crippen molar-refractivity contribution in [1.29, 1.82) is 0 Å². The fourth-order valence-corrected chi connectivity index (χ4v) is 7.77. The highest BCUT2D eigenvalue weighted by Crippen LogP contribution is 2.36. The number of hydrogen-bond donors (Lipinski definition) is 0. The van der Waals surface area contributed by atoms with Crippen molar-refractivity contribution in [3.63, 3.8) is 0 Å². The molecule has 2 heterocycles. The maximum Gasteiger partial charge on any atom is 0.514 e.